The first kappa shape index (κ1) is 14.3. The highest BCUT2D eigenvalue weighted by atomic mass is 16.5. The van der Waals surface area contributed by atoms with E-state index in [2.05, 4.69) is 72.9 Å². The molecule has 21 heavy (non-hydrogen) atoms. The summed E-state index contributed by atoms with van der Waals surface area (Å²) in [6.45, 7) is 3.97. The number of hydrogen-bond donors (Lipinski definition) is 1. The Morgan fingerprint density at radius 3 is 2.05 bits per heavy atom. The Hall–Kier alpha value is -1.64. The van der Waals surface area contributed by atoms with Crippen LogP contribution in [0.3, 0.4) is 0 Å². The quantitative estimate of drug-likeness (QED) is 0.896. The molecule has 2 aromatic rings. The Bertz CT molecular complexity index is 507. The molecule has 0 spiro atoms. The topological polar surface area (TPSA) is 21.3 Å². The zero-order chi connectivity index (χ0) is 14.5. The third-order valence-electron chi connectivity index (χ3n) is 4.25. The zero-order valence-corrected chi connectivity index (χ0v) is 12.6. The second-order valence-electron chi connectivity index (χ2n) is 6.04. The number of nitrogens with one attached hydrogen (secondary N) is 1. The lowest BCUT2D eigenvalue weighted by Gasteiger charge is -2.28. The standard InChI is InChI=1S/C19H23NO/c1-19(13-8-14-21-19)15-20-18(16-9-4-2-5-10-16)17-11-6-3-7-12-17/h2-7,9-12,18,20H,8,13-15H2,1H3. The molecule has 1 atom stereocenters. The SMILES string of the molecule is CC1(CNC(c2ccccc2)c2ccccc2)CCCO1. The monoisotopic (exact) mass is 281 g/mol. The van der Waals surface area contributed by atoms with E-state index < -0.39 is 0 Å². The van der Waals surface area contributed by atoms with Crippen molar-refractivity contribution in [3.8, 4) is 0 Å². The lowest BCUT2D eigenvalue weighted by molar-refractivity contribution is 0.0195. The normalized spacial score (nSPS) is 21.8. The molecule has 0 bridgehead atoms. The van der Waals surface area contributed by atoms with E-state index in [0.29, 0.717) is 0 Å². The molecule has 0 amide bonds. The van der Waals surface area contributed by atoms with Crippen molar-refractivity contribution in [1.82, 2.24) is 5.32 Å². The van der Waals surface area contributed by atoms with Crippen LogP contribution in [0.2, 0.25) is 0 Å². The van der Waals surface area contributed by atoms with Gasteiger partial charge >= 0.3 is 0 Å². The second kappa shape index (κ2) is 6.42. The van der Waals surface area contributed by atoms with Gasteiger partial charge in [0.05, 0.1) is 11.6 Å². The minimum atomic E-state index is -0.0260. The summed E-state index contributed by atoms with van der Waals surface area (Å²) in [5.74, 6) is 0. The molecule has 1 aliphatic rings. The van der Waals surface area contributed by atoms with Crippen LogP contribution in [0.5, 0.6) is 0 Å². The van der Waals surface area contributed by atoms with Crippen LogP contribution in [-0.4, -0.2) is 18.8 Å². The molecular weight excluding hydrogens is 258 g/mol. The van der Waals surface area contributed by atoms with Gasteiger partial charge in [-0.25, -0.2) is 0 Å². The van der Waals surface area contributed by atoms with Gasteiger partial charge in [-0.05, 0) is 30.9 Å². The summed E-state index contributed by atoms with van der Waals surface area (Å²) < 4.78 is 5.90. The average molecular weight is 281 g/mol. The van der Waals surface area contributed by atoms with Crippen molar-refractivity contribution in [3.63, 3.8) is 0 Å². The highest BCUT2D eigenvalue weighted by Crippen LogP contribution is 2.27. The van der Waals surface area contributed by atoms with Crippen LogP contribution < -0.4 is 5.32 Å². The molecule has 1 saturated heterocycles. The van der Waals surface area contributed by atoms with Crippen molar-refractivity contribution >= 4 is 0 Å². The van der Waals surface area contributed by atoms with E-state index >= 15 is 0 Å². The van der Waals surface area contributed by atoms with E-state index in [4.69, 9.17) is 4.74 Å². The summed E-state index contributed by atoms with van der Waals surface area (Å²) in [6, 6.07) is 21.5. The minimum absolute atomic E-state index is 0.0260. The fourth-order valence-corrected chi connectivity index (χ4v) is 3.01. The molecule has 3 rings (SSSR count). The predicted octanol–water partition coefficient (Wildman–Crippen LogP) is 3.93. The minimum Gasteiger partial charge on any atom is -0.374 e. The van der Waals surface area contributed by atoms with Gasteiger partial charge in [-0.15, -0.1) is 0 Å². The first-order valence-electron chi connectivity index (χ1n) is 7.74. The maximum atomic E-state index is 5.90. The molecule has 2 heteroatoms. The lowest BCUT2D eigenvalue weighted by atomic mass is 9.96. The third kappa shape index (κ3) is 3.52. The fourth-order valence-electron chi connectivity index (χ4n) is 3.01. The van der Waals surface area contributed by atoms with Crippen molar-refractivity contribution < 1.29 is 4.74 Å². The van der Waals surface area contributed by atoms with Crippen LogP contribution in [0.1, 0.15) is 36.9 Å². The average Bonchev–Trinajstić information content (AvgIpc) is 2.97. The number of hydrogen-bond acceptors (Lipinski definition) is 2. The fraction of sp³-hybridized carbons (Fsp3) is 0.368. The van der Waals surface area contributed by atoms with E-state index in [9.17, 15) is 0 Å². The van der Waals surface area contributed by atoms with Crippen LogP contribution in [0.25, 0.3) is 0 Å². The summed E-state index contributed by atoms with van der Waals surface area (Å²) in [4.78, 5) is 0. The van der Waals surface area contributed by atoms with E-state index in [1.54, 1.807) is 0 Å². The van der Waals surface area contributed by atoms with Crippen molar-refractivity contribution in [1.29, 1.82) is 0 Å². The molecule has 0 aliphatic carbocycles. The van der Waals surface area contributed by atoms with E-state index in [-0.39, 0.29) is 11.6 Å². The highest BCUT2D eigenvalue weighted by Gasteiger charge is 2.30. The molecule has 0 aromatic heterocycles. The number of benzene rings is 2. The molecule has 0 saturated carbocycles. The Kier molecular flexibility index (Phi) is 4.37. The molecule has 1 N–H and O–H groups in total. The Morgan fingerprint density at radius 1 is 1.00 bits per heavy atom. The first-order chi connectivity index (χ1) is 10.3. The largest absolute Gasteiger partial charge is 0.374 e. The van der Waals surface area contributed by atoms with Crippen LogP contribution in [0.15, 0.2) is 60.7 Å². The lowest BCUT2D eigenvalue weighted by Crippen LogP contribution is -2.39. The summed E-state index contributed by atoms with van der Waals surface area (Å²) >= 11 is 0. The molecule has 1 unspecified atom stereocenters. The molecule has 0 radical (unpaired) electrons. The number of rotatable bonds is 5. The Labute approximate surface area is 127 Å². The Balaban J connectivity index is 1.80. The van der Waals surface area contributed by atoms with Gasteiger partial charge in [0.1, 0.15) is 0 Å². The zero-order valence-electron chi connectivity index (χ0n) is 12.6. The second-order valence-corrected chi connectivity index (χ2v) is 6.04. The highest BCUT2D eigenvalue weighted by molar-refractivity contribution is 5.31. The number of ether oxygens (including phenoxy) is 1. The predicted molar refractivity (Wildman–Crippen MR) is 86.3 cm³/mol. The van der Waals surface area contributed by atoms with Gasteiger partial charge < -0.3 is 10.1 Å². The third-order valence-corrected chi connectivity index (χ3v) is 4.25. The maximum Gasteiger partial charge on any atom is 0.0779 e. The van der Waals surface area contributed by atoms with E-state index in [1.807, 2.05) is 0 Å². The van der Waals surface area contributed by atoms with Gasteiger partial charge in [0.2, 0.25) is 0 Å². The smallest absolute Gasteiger partial charge is 0.0779 e. The van der Waals surface area contributed by atoms with Crippen LogP contribution in [0.4, 0.5) is 0 Å². The van der Waals surface area contributed by atoms with Gasteiger partial charge in [-0.3, -0.25) is 0 Å². The first-order valence-corrected chi connectivity index (χ1v) is 7.74. The van der Waals surface area contributed by atoms with E-state index in [0.717, 1.165) is 19.6 Å². The summed E-state index contributed by atoms with van der Waals surface area (Å²) in [5, 5.41) is 3.71. The molecule has 1 fully saturated rings. The summed E-state index contributed by atoms with van der Waals surface area (Å²) in [5.41, 5.74) is 2.57. The van der Waals surface area contributed by atoms with Gasteiger partial charge in [0.15, 0.2) is 0 Å². The Morgan fingerprint density at radius 2 is 1.57 bits per heavy atom. The molecule has 1 aliphatic heterocycles. The van der Waals surface area contributed by atoms with Crippen LogP contribution in [0, 0.1) is 0 Å². The van der Waals surface area contributed by atoms with Crippen LogP contribution >= 0.6 is 0 Å². The van der Waals surface area contributed by atoms with E-state index in [1.165, 1.54) is 17.5 Å². The van der Waals surface area contributed by atoms with Crippen molar-refractivity contribution in [2.75, 3.05) is 13.2 Å². The van der Waals surface area contributed by atoms with Gasteiger partial charge in [0.25, 0.3) is 0 Å². The maximum absolute atomic E-state index is 5.90. The molecule has 2 aromatic carbocycles. The summed E-state index contributed by atoms with van der Waals surface area (Å²) in [6.07, 6.45) is 2.30. The summed E-state index contributed by atoms with van der Waals surface area (Å²) in [7, 11) is 0. The van der Waals surface area contributed by atoms with Gasteiger partial charge in [0, 0.05) is 13.2 Å². The van der Waals surface area contributed by atoms with Gasteiger partial charge in [-0.1, -0.05) is 60.7 Å². The molecule has 2 nitrogen and oxygen atoms in total. The molecular formula is C19H23NO. The van der Waals surface area contributed by atoms with Crippen molar-refractivity contribution in [3.05, 3.63) is 71.8 Å². The van der Waals surface area contributed by atoms with Crippen LogP contribution in [-0.2, 0) is 4.74 Å². The van der Waals surface area contributed by atoms with Gasteiger partial charge in [-0.2, -0.15) is 0 Å². The van der Waals surface area contributed by atoms with Crippen molar-refractivity contribution in [2.24, 2.45) is 0 Å². The molecule has 110 valence electrons. The molecule has 1 heterocycles. The van der Waals surface area contributed by atoms with Crippen molar-refractivity contribution in [2.45, 2.75) is 31.4 Å².